The Morgan fingerprint density at radius 1 is 1.27 bits per heavy atom. The van der Waals surface area contributed by atoms with E-state index in [-0.39, 0.29) is 5.41 Å². The second-order valence-electron chi connectivity index (χ2n) is 4.44. The average molecular weight is 220 g/mol. The van der Waals surface area contributed by atoms with Gasteiger partial charge in [0.2, 0.25) is 0 Å². The molecule has 0 amide bonds. The van der Waals surface area contributed by atoms with Crippen LogP contribution in [0.3, 0.4) is 0 Å². The van der Waals surface area contributed by atoms with Crippen molar-refractivity contribution in [2.24, 2.45) is 0 Å². The Labute approximate surface area is 95.7 Å². The smallest absolute Gasteiger partial charge is 0.0839 e. The van der Waals surface area contributed by atoms with Crippen LogP contribution in [0.4, 0.5) is 0 Å². The number of nitriles is 1. The number of benzene rings is 1. The van der Waals surface area contributed by atoms with Gasteiger partial charge in [-0.2, -0.15) is 5.26 Å². The monoisotopic (exact) mass is 219 g/mol. The summed E-state index contributed by atoms with van der Waals surface area (Å²) in [7, 11) is 0. The first kappa shape index (κ1) is 10.5. The lowest BCUT2D eigenvalue weighted by atomic mass is 9.64. The summed E-state index contributed by atoms with van der Waals surface area (Å²) in [5.41, 5.74) is 2.98. The summed E-state index contributed by atoms with van der Waals surface area (Å²) >= 11 is 6.32. The van der Waals surface area contributed by atoms with Crippen molar-refractivity contribution in [1.29, 1.82) is 5.26 Å². The summed E-state index contributed by atoms with van der Waals surface area (Å²) < 4.78 is 0. The van der Waals surface area contributed by atoms with Crippen molar-refractivity contribution in [1.82, 2.24) is 0 Å². The quantitative estimate of drug-likeness (QED) is 0.703. The molecule has 0 N–H and O–H groups in total. The van der Waals surface area contributed by atoms with E-state index in [0.717, 1.165) is 41.0 Å². The van der Waals surface area contributed by atoms with Gasteiger partial charge < -0.3 is 0 Å². The van der Waals surface area contributed by atoms with E-state index in [4.69, 9.17) is 11.6 Å². The summed E-state index contributed by atoms with van der Waals surface area (Å²) in [5, 5.41) is 10.1. The second kappa shape index (κ2) is 3.54. The lowest BCUT2D eigenvalue weighted by molar-refractivity contribution is 0.323. The Kier molecular flexibility index (Phi) is 2.48. The molecule has 0 atom stereocenters. The van der Waals surface area contributed by atoms with Crippen molar-refractivity contribution in [2.45, 2.75) is 38.5 Å². The van der Waals surface area contributed by atoms with Crippen LogP contribution in [-0.2, 0) is 5.41 Å². The van der Waals surface area contributed by atoms with Gasteiger partial charge >= 0.3 is 0 Å². The fraction of sp³-hybridized carbons (Fsp3) is 0.462. The van der Waals surface area contributed by atoms with Gasteiger partial charge in [0.05, 0.1) is 11.5 Å². The molecule has 15 heavy (non-hydrogen) atoms. The maximum atomic E-state index is 9.32. The fourth-order valence-electron chi connectivity index (χ4n) is 2.31. The largest absolute Gasteiger partial charge is 0.197 e. The number of nitrogens with zero attached hydrogens (tertiary/aromatic N) is 1. The zero-order chi connectivity index (χ0) is 11.1. The first-order chi connectivity index (χ1) is 7.10. The Morgan fingerprint density at radius 3 is 2.33 bits per heavy atom. The van der Waals surface area contributed by atoms with Crippen LogP contribution in [0.5, 0.6) is 0 Å². The molecule has 1 aliphatic rings. The molecule has 0 saturated heterocycles. The van der Waals surface area contributed by atoms with Crippen LogP contribution in [0.1, 0.15) is 36.0 Å². The molecule has 2 rings (SSSR count). The number of hydrogen-bond donors (Lipinski definition) is 0. The zero-order valence-electron chi connectivity index (χ0n) is 9.10. The number of hydrogen-bond acceptors (Lipinski definition) is 1. The van der Waals surface area contributed by atoms with Crippen LogP contribution in [0.2, 0.25) is 5.02 Å². The van der Waals surface area contributed by atoms with E-state index in [9.17, 15) is 5.26 Å². The first-order valence-corrected chi connectivity index (χ1v) is 5.66. The molecule has 1 aromatic rings. The molecule has 1 nitrogen and oxygen atoms in total. The standard InChI is InChI=1S/C13H14ClN/c1-9-4-5-10(2)12(14)11(9)13(8-15)6-3-7-13/h4-5H,3,6-7H2,1-2H3. The zero-order valence-corrected chi connectivity index (χ0v) is 9.86. The highest BCUT2D eigenvalue weighted by Crippen LogP contribution is 2.47. The van der Waals surface area contributed by atoms with Crippen molar-refractivity contribution in [3.05, 3.63) is 33.8 Å². The predicted octanol–water partition coefficient (Wildman–Crippen LogP) is 3.90. The normalized spacial score (nSPS) is 18.0. The van der Waals surface area contributed by atoms with Crippen molar-refractivity contribution in [2.75, 3.05) is 0 Å². The minimum Gasteiger partial charge on any atom is -0.197 e. The molecule has 1 saturated carbocycles. The SMILES string of the molecule is Cc1ccc(C)c(C2(C#N)CCC2)c1Cl. The van der Waals surface area contributed by atoms with Crippen LogP contribution in [0.25, 0.3) is 0 Å². The molecule has 2 heteroatoms. The van der Waals surface area contributed by atoms with Crippen molar-refractivity contribution >= 4 is 11.6 Å². The van der Waals surface area contributed by atoms with Gasteiger partial charge in [-0.25, -0.2) is 0 Å². The molecule has 0 heterocycles. The van der Waals surface area contributed by atoms with E-state index < -0.39 is 0 Å². The summed E-state index contributed by atoms with van der Waals surface area (Å²) in [6.45, 7) is 4.03. The van der Waals surface area contributed by atoms with Gasteiger partial charge in [0, 0.05) is 5.02 Å². The van der Waals surface area contributed by atoms with E-state index in [1.165, 1.54) is 0 Å². The van der Waals surface area contributed by atoms with Crippen LogP contribution in [0, 0.1) is 25.2 Å². The van der Waals surface area contributed by atoms with Crippen molar-refractivity contribution in [3.63, 3.8) is 0 Å². The Morgan fingerprint density at radius 2 is 1.87 bits per heavy atom. The minimum absolute atomic E-state index is 0.298. The topological polar surface area (TPSA) is 23.8 Å². The highest BCUT2D eigenvalue weighted by molar-refractivity contribution is 6.32. The summed E-state index contributed by atoms with van der Waals surface area (Å²) in [6.07, 6.45) is 3.04. The first-order valence-electron chi connectivity index (χ1n) is 5.28. The van der Waals surface area contributed by atoms with Gasteiger partial charge in [-0.15, -0.1) is 0 Å². The molecule has 0 bridgehead atoms. The third kappa shape index (κ3) is 1.44. The third-order valence-corrected chi connectivity index (χ3v) is 3.93. The molecule has 78 valence electrons. The second-order valence-corrected chi connectivity index (χ2v) is 4.81. The Bertz CT molecular complexity index is 439. The molecule has 0 unspecified atom stereocenters. The molecule has 1 fully saturated rings. The number of halogens is 1. The van der Waals surface area contributed by atoms with Gasteiger partial charge in [0.25, 0.3) is 0 Å². The molecular weight excluding hydrogens is 206 g/mol. The van der Waals surface area contributed by atoms with E-state index >= 15 is 0 Å². The lowest BCUT2D eigenvalue weighted by Crippen LogP contribution is -2.33. The van der Waals surface area contributed by atoms with Crippen LogP contribution in [-0.4, -0.2) is 0 Å². The molecule has 0 aromatic heterocycles. The van der Waals surface area contributed by atoms with Crippen LogP contribution < -0.4 is 0 Å². The van der Waals surface area contributed by atoms with Gasteiger partial charge in [0.15, 0.2) is 0 Å². The summed E-state index contributed by atoms with van der Waals surface area (Å²) in [6, 6.07) is 6.54. The molecule has 0 spiro atoms. The Balaban J connectivity index is 2.62. The molecule has 0 radical (unpaired) electrons. The van der Waals surface area contributed by atoms with Gasteiger partial charge in [-0.3, -0.25) is 0 Å². The maximum absolute atomic E-state index is 9.32. The van der Waals surface area contributed by atoms with Gasteiger partial charge in [0.1, 0.15) is 0 Å². The predicted molar refractivity (Wildman–Crippen MR) is 62.1 cm³/mol. The lowest BCUT2D eigenvalue weighted by Gasteiger charge is -2.37. The maximum Gasteiger partial charge on any atom is 0.0839 e. The van der Waals surface area contributed by atoms with Crippen molar-refractivity contribution < 1.29 is 0 Å². The van der Waals surface area contributed by atoms with Crippen LogP contribution in [0.15, 0.2) is 12.1 Å². The van der Waals surface area contributed by atoms with E-state index in [2.05, 4.69) is 12.1 Å². The van der Waals surface area contributed by atoms with E-state index in [1.807, 2.05) is 19.9 Å². The van der Waals surface area contributed by atoms with Gasteiger partial charge in [-0.1, -0.05) is 23.7 Å². The molecular formula is C13H14ClN. The highest BCUT2D eigenvalue weighted by atomic mass is 35.5. The number of rotatable bonds is 1. The van der Waals surface area contributed by atoms with E-state index in [0.29, 0.717) is 0 Å². The molecule has 0 aliphatic heterocycles. The third-order valence-electron chi connectivity index (χ3n) is 3.44. The average Bonchev–Trinajstić information content (AvgIpc) is 2.16. The van der Waals surface area contributed by atoms with Gasteiger partial charge in [-0.05, 0) is 49.8 Å². The minimum atomic E-state index is -0.298. The fourth-order valence-corrected chi connectivity index (χ4v) is 2.71. The Hall–Kier alpha value is -1.00. The summed E-state index contributed by atoms with van der Waals surface area (Å²) in [5.74, 6) is 0. The number of aryl methyl sites for hydroxylation is 2. The van der Waals surface area contributed by atoms with Crippen LogP contribution >= 0.6 is 11.6 Å². The van der Waals surface area contributed by atoms with Crippen molar-refractivity contribution in [3.8, 4) is 6.07 Å². The molecule has 1 aromatic carbocycles. The summed E-state index contributed by atoms with van der Waals surface area (Å²) in [4.78, 5) is 0. The molecule has 1 aliphatic carbocycles. The highest BCUT2D eigenvalue weighted by Gasteiger charge is 2.41. The van der Waals surface area contributed by atoms with E-state index in [1.54, 1.807) is 0 Å².